The van der Waals surface area contributed by atoms with E-state index < -0.39 is 11.8 Å². The van der Waals surface area contributed by atoms with Crippen molar-refractivity contribution >= 4 is 28.5 Å². The van der Waals surface area contributed by atoms with Crippen LogP contribution >= 0.6 is 0 Å². The molecule has 3 aromatic rings. The molecule has 0 atom stereocenters. The zero-order chi connectivity index (χ0) is 20.5. The number of carbonyl (C=O) groups excluding carboxylic acids is 2. The number of imidazole rings is 1. The maximum Gasteiger partial charge on any atom is 0.277 e. The molecule has 4 rings (SSSR count). The molecule has 2 amide bonds. The number of imide groups is 1. The van der Waals surface area contributed by atoms with Crippen LogP contribution in [0, 0.1) is 0 Å². The number of nitrogens with zero attached hydrogens (tertiary/aromatic N) is 2. The minimum absolute atomic E-state index is 0.0111. The highest BCUT2D eigenvalue weighted by Crippen LogP contribution is 2.25. The maximum absolute atomic E-state index is 12.2. The number of aromatic nitrogens is 2. The number of hydrogen-bond donors (Lipinski definition) is 3. The van der Waals surface area contributed by atoms with Crippen LogP contribution in [0.5, 0.6) is 0 Å². The van der Waals surface area contributed by atoms with Crippen molar-refractivity contribution in [2.45, 2.75) is 19.8 Å². The molecule has 148 valence electrons. The summed E-state index contributed by atoms with van der Waals surface area (Å²) < 4.78 is 0. The first-order valence-electron chi connectivity index (χ1n) is 9.52. The minimum Gasteiger partial charge on any atom is -0.395 e. The Balaban J connectivity index is 1.53. The lowest BCUT2D eigenvalue weighted by Gasteiger charge is -2.13. The van der Waals surface area contributed by atoms with E-state index in [-0.39, 0.29) is 18.8 Å². The fourth-order valence-corrected chi connectivity index (χ4v) is 3.30. The summed E-state index contributed by atoms with van der Waals surface area (Å²) in [6.07, 6.45) is 1.25. The fraction of sp³-hybridized carbons (Fsp3) is 0.227. The molecule has 2 heterocycles. The zero-order valence-corrected chi connectivity index (χ0v) is 16.3. The number of amides is 2. The van der Waals surface area contributed by atoms with Gasteiger partial charge in [0.25, 0.3) is 11.8 Å². The summed E-state index contributed by atoms with van der Waals surface area (Å²) in [5.74, 6) is 0.356. The lowest BCUT2D eigenvalue weighted by Crippen LogP contribution is -2.34. The minimum atomic E-state index is -0.439. The second-order valence-corrected chi connectivity index (χ2v) is 7.30. The molecule has 0 saturated heterocycles. The molecule has 0 spiro atoms. The Morgan fingerprint density at radius 2 is 1.90 bits per heavy atom. The Bertz CT molecular complexity index is 1110. The van der Waals surface area contributed by atoms with Crippen molar-refractivity contribution in [1.82, 2.24) is 14.9 Å². The zero-order valence-electron chi connectivity index (χ0n) is 16.3. The van der Waals surface area contributed by atoms with Crippen molar-refractivity contribution in [3.8, 4) is 11.4 Å². The second kappa shape index (κ2) is 7.52. The standard InChI is InChI=1S/C22H22N4O3/c1-13(2)15-5-8-17-18(11-15)25-21(24-17)14-3-6-16(7-4-14)23-19-12-20(28)26(9-10-27)22(19)29/h3-8,11-13,23,27H,9-10H2,1-2H3,(H,24,25). The van der Waals surface area contributed by atoms with E-state index in [2.05, 4.69) is 41.3 Å². The van der Waals surface area contributed by atoms with E-state index in [0.717, 1.165) is 27.3 Å². The van der Waals surface area contributed by atoms with Gasteiger partial charge >= 0.3 is 0 Å². The van der Waals surface area contributed by atoms with Crippen LogP contribution in [-0.4, -0.2) is 44.9 Å². The summed E-state index contributed by atoms with van der Waals surface area (Å²) in [5, 5.41) is 11.9. The number of aliphatic hydroxyl groups is 1. The average molecular weight is 390 g/mol. The van der Waals surface area contributed by atoms with Crippen LogP contribution in [0.15, 0.2) is 54.2 Å². The smallest absolute Gasteiger partial charge is 0.277 e. The molecule has 7 heteroatoms. The van der Waals surface area contributed by atoms with Crippen LogP contribution in [0.3, 0.4) is 0 Å². The van der Waals surface area contributed by atoms with Gasteiger partial charge in [0.1, 0.15) is 11.5 Å². The Kier molecular flexibility index (Phi) is 4.90. The first kappa shape index (κ1) is 18.9. The highest BCUT2D eigenvalue weighted by Gasteiger charge is 2.30. The van der Waals surface area contributed by atoms with E-state index in [1.807, 2.05) is 30.3 Å². The van der Waals surface area contributed by atoms with Gasteiger partial charge in [-0.1, -0.05) is 19.9 Å². The van der Waals surface area contributed by atoms with Crippen molar-refractivity contribution in [3.05, 3.63) is 59.8 Å². The molecular formula is C22H22N4O3. The van der Waals surface area contributed by atoms with Crippen molar-refractivity contribution in [3.63, 3.8) is 0 Å². The molecule has 0 aliphatic carbocycles. The average Bonchev–Trinajstić information content (AvgIpc) is 3.24. The van der Waals surface area contributed by atoms with E-state index in [1.54, 1.807) is 0 Å². The normalized spacial score (nSPS) is 14.2. The number of nitrogens with one attached hydrogen (secondary N) is 2. The number of fused-ring (bicyclic) bond motifs is 1. The first-order chi connectivity index (χ1) is 14.0. The number of aliphatic hydroxyl groups excluding tert-OH is 1. The number of hydrogen-bond acceptors (Lipinski definition) is 5. The SMILES string of the molecule is CC(C)c1ccc2nc(-c3ccc(NC4=CC(=O)N(CCO)C4=O)cc3)[nH]c2c1. The van der Waals surface area contributed by atoms with Crippen LogP contribution in [0.25, 0.3) is 22.4 Å². The van der Waals surface area contributed by atoms with Crippen LogP contribution in [0.2, 0.25) is 0 Å². The van der Waals surface area contributed by atoms with E-state index >= 15 is 0 Å². The number of benzene rings is 2. The highest BCUT2D eigenvalue weighted by molar-refractivity contribution is 6.17. The summed E-state index contributed by atoms with van der Waals surface area (Å²) in [7, 11) is 0. The van der Waals surface area contributed by atoms with Crippen LogP contribution in [0.1, 0.15) is 25.3 Å². The number of H-pyrrole nitrogens is 1. The highest BCUT2D eigenvalue weighted by atomic mass is 16.3. The summed E-state index contributed by atoms with van der Waals surface area (Å²) in [4.78, 5) is 33.1. The lowest BCUT2D eigenvalue weighted by atomic mass is 10.0. The number of rotatable bonds is 6. The molecular weight excluding hydrogens is 368 g/mol. The summed E-state index contributed by atoms with van der Waals surface area (Å²) >= 11 is 0. The van der Waals surface area contributed by atoms with Crippen molar-refractivity contribution < 1.29 is 14.7 Å². The van der Waals surface area contributed by atoms with Crippen LogP contribution in [0.4, 0.5) is 5.69 Å². The third kappa shape index (κ3) is 3.64. The molecule has 1 aliphatic rings. The van der Waals surface area contributed by atoms with Gasteiger partial charge in [0.05, 0.1) is 24.2 Å². The summed E-state index contributed by atoms with van der Waals surface area (Å²) in [6.45, 7) is 4.04. The monoisotopic (exact) mass is 390 g/mol. The van der Waals surface area contributed by atoms with Gasteiger partial charge in [-0.3, -0.25) is 14.5 Å². The third-order valence-corrected chi connectivity index (χ3v) is 4.94. The molecule has 1 aromatic heterocycles. The number of anilines is 1. The van der Waals surface area contributed by atoms with Gasteiger partial charge in [0.15, 0.2) is 0 Å². The molecule has 0 fully saturated rings. The van der Waals surface area contributed by atoms with Crippen molar-refractivity contribution in [2.24, 2.45) is 0 Å². The Morgan fingerprint density at radius 3 is 2.59 bits per heavy atom. The summed E-state index contributed by atoms with van der Waals surface area (Å²) in [6, 6.07) is 13.7. The Hall–Kier alpha value is -3.45. The second-order valence-electron chi connectivity index (χ2n) is 7.30. The Labute approximate surface area is 168 Å². The van der Waals surface area contributed by atoms with Gasteiger partial charge < -0.3 is 15.4 Å². The summed E-state index contributed by atoms with van der Waals surface area (Å²) in [5.41, 5.74) is 4.97. The molecule has 2 aromatic carbocycles. The van der Waals surface area contributed by atoms with Crippen LogP contribution in [-0.2, 0) is 9.59 Å². The van der Waals surface area contributed by atoms with Gasteiger partial charge in [-0.15, -0.1) is 0 Å². The van der Waals surface area contributed by atoms with E-state index in [9.17, 15) is 9.59 Å². The first-order valence-corrected chi connectivity index (χ1v) is 9.52. The quantitative estimate of drug-likeness (QED) is 0.562. The Morgan fingerprint density at radius 1 is 1.14 bits per heavy atom. The topological polar surface area (TPSA) is 98.3 Å². The van der Waals surface area contributed by atoms with Crippen molar-refractivity contribution in [2.75, 3.05) is 18.5 Å². The van der Waals surface area contributed by atoms with Crippen molar-refractivity contribution in [1.29, 1.82) is 0 Å². The number of carbonyl (C=O) groups is 2. The number of β-amino-alcohol motifs (C(OH)–C–C–N with tert-alkyl or cyclic N) is 1. The molecule has 0 saturated carbocycles. The predicted octanol–water partition coefficient (Wildman–Crippen LogP) is 3.01. The largest absolute Gasteiger partial charge is 0.395 e. The lowest BCUT2D eigenvalue weighted by molar-refractivity contribution is -0.137. The molecule has 0 bridgehead atoms. The third-order valence-electron chi connectivity index (χ3n) is 4.94. The molecule has 3 N–H and O–H groups in total. The van der Waals surface area contributed by atoms with Gasteiger partial charge in [-0.25, -0.2) is 4.98 Å². The van der Waals surface area contributed by atoms with Gasteiger partial charge in [-0.2, -0.15) is 0 Å². The van der Waals surface area contributed by atoms with Crippen LogP contribution < -0.4 is 5.32 Å². The molecule has 1 aliphatic heterocycles. The number of aromatic amines is 1. The van der Waals surface area contributed by atoms with E-state index in [0.29, 0.717) is 11.6 Å². The molecule has 29 heavy (non-hydrogen) atoms. The predicted molar refractivity (Wildman–Crippen MR) is 111 cm³/mol. The molecule has 0 radical (unpaired) electrons. The molecule has 7 nitrogen and oxygen atoms in total. The maximum atomic E-state index is 12.2. The van der Waals surface area contributed by atoms with E-state index in [1.165, 1.54) is 11.6 Å². The van der Waals surface area contributed by atoms with Gasteiger partial charge in [0.2, 0.25) is 0 Å². The van der Waals surface area contributed by atoms with Gasteiger partial charge in [0, 0.05) is 17.3 Å². The van der Waals surface area contributed by atoms with E-state index in [4.69, 9.17) is 5.11 Å². The fourth-order valence-electron chi connectivity index (χ4n) is 3.30. The van der Waals surface area contributed by atoms with Gasteiger partial charge in [-0.05, 0) is 47.9 Å². The molecule has 0 unspecified atom stereocenters.